The molecule has 1 saturated carbocycles. The SMILES string of the molecule is Fc1ccccc1C1CC(NCC2CCCCS2)C1. The predicted octanol–water partition coefficient (Wildman–Crippen LogP) is 3.95. The summed E-state index contributed by atoms with van der Waals surface area (Å²) < 4.78 is 13.6. The van der Waals surface area contributed by atoms with Gasteiger partial charge in [-0.05, 0) is 49.0 Å². The molecule has 0 amide bonds. The lowest BCUT2D eigenvalue weighted by Crippen LogP contribution is -2.43. The highest BCUT2D eigenvalue weighted by Gasteiger charge is 2.31. The third-order valence-corrected chi connectivity index (χ3v) is 5.79. The van der Waals surface area contributed by atoms with Crippen molar-refractivity contribution < 1.29 is 4.39 Å². The molecule has 0 aromatic heterocycles. The maximum atomic E-state index is 13.6. The number of hydrogen-bond donors (Lipinski definition) is 1. The van der Waals surface area contributed by atoms with E-state index in [1.165, 1.54) is 25.0 Å². The fraction of sp³-hybridized carbons (Fsp3) is 0.625. The highest BCUT2D eigenvalue weighted by Crippen LogP contribution is 2.38. The first kappa shape index (κ1) is 13.4. The maximum Gasteiger partial charge on any atom is 0.126 e. The predicted molar refractivity (Wildman–Crippen MR) is 80.3 cm³/mol. The summed E-state index contributed by atoms with van der Waals surface area (Å²) in [5.41, 5.74) is 0.910. The van der Waals surface area contributed by atoms with Gasteiger partial charge < -0.3 is 5.32 Å². The van der Waals surface area contributed by atoms with Crippen molar-refractivity contribution in [1.29, 1.82) is 0 Å². The van der Waals surface area contributed by atoms with Crippen molar-refractivity contribution in [3.05, 3.63) is 35.6 Å². The minimum atomic E-state index is -0.0335. The first-order valence-electron chi connectivity index (χ1n) is 7.42. The second-order valence-corrected chi connectivity index (χ2v) is 7.19. The van der Waals surface area contributed by atoms with Crippen molar-refractivity contribution in [2.45, 2.75) is 49.3 Å². The topological polar surface area (TPSA) is 12.0 Å². The molecule has 0 radical (unpaired) electrons. The molecule has 1 heterocycles. The standard InChI is InChI=1S/C16H22FNS/c17-16-7-2-1-6-15(16)12-9-13(10-12)18-11-14-5-3-4-8-19-14/h1-2,6-7,12-14,18H,3-5,8-11H2. The Hall–Kier alpha value is -0.540. The summed E-state index contributed by atoms with van der Waals surface area (Å²) >= 11 is 2.12. The minimum Gasteiger partial charge on any atom is -0.313 e. The van der Waals surface area contributed by atoms with Gasteiger partial charge in [-0.1, -0.05) is 24.6 Å². The van der Waals surface area contributed by atoms with E-state index >= 15 is 0 Å². The van der Waals surface area contributed by atoms with Gasteiger partial charge in [0.2, 0.25) is 0 Å². The molecule has 1 aromatic carbocycles. The summed E-state index contributed by atoms with van der Waals surface area (Å²) in [6.45, 7) is 1.14. The average Bonchev–Trinajstić information content (AvgIpc) is 2.40. The molecule has 0 bridgehead atoms. The molecule has 3 heteroatoms. The van der Waals surface area contributed by atoms with E-state index in [4.69, 9.17) is 0 Å². The average molecular weight is 279 g/mol. The van der Waals surface area contributed by atoms with Crippen molar-refractivity contribution in [2.24, 2.45) is 0 Å². The molecule has 3 rings (SSSR count). The van der Waals surface area contributed by atoms with Crippen LogP contribution in [0, 0.1) is 5.82 Å². The molecule has 1 nitrogen and oxygen atoms in total. The highest BCUT2D eigenvalue weighted by atomic mass is 32.2. The minimum absolute atomic E-state index is 0.0335. The van der Waals surface area contributed by atoms with Gasteiger partial charge in [0.05, 0.1) is 0 Å². The zero-order valence-corrected chi connectivity index (χ0v) is 12.1. The van der Waals surface area contributed by atoms with Gasteiger partial charge in [0.1, 0.15) is 5.82 Å². The zero-order chi connectivity index (χ0) is 13.1. The van der Waals surface area contributed by atoms with Gasteiger partial charge in [-0.15, -0.1) is 0 Å². The van der Waals surface area contributed by atoms with E-state index in [0.29, 0.717) is 12.0 Å². The van der Waals surface area contributed by atoms with Crippen molar-refractivity contribution in [1.82, 2.24) is 5.32 Å². The molecule has 1 N–H and O–H groups in total. The Morgan fingerprint density at radius 2 is 2.05 bits per heavy atom. The van der Waals surface area contributed by atoms with E-state index < -0.39 is 0 Å². The molecule has 1 atom stereocenters. The van der Waals surface area contributed by atoms with Crippen LogP contribution in [0.2, 0.25) is 0 Å². The Balaban J connectivity index is 1.42. The molecule has 1 aliphatic carbocycles. The van der Waals surface area contributed by atoms with E-state index in [2.05, 4.69) is 17.1 Å². The number of benzene rings is 1. The Morgan fingerprint density at radius 1 is 1.21 bits per heavy atom. The molecule has 0 spiro atoms. The van der Waals surface area contributed by atoms with Crippen LogP contribution in [0.15, 0.2) is 24.3 Å². The number of thioether (sulfide) groups is 1. The lowest BCUT2D eigenvalue weighted by atomic mass is 9.75. The number of rotatable bonds is 4. The summed E-state index contributed by atoms with van der Waals surface area (Å²) in [6, 6.07) is 7.83. The zero-order valence-electron chi connectivity index (χ0n) is 11.3. The van der Waals surface area contributed by atoms with Gasteiger partial charge in [0, 0.05) is 17.8 Å². The smallest absolute Gasteiger partial charge is 0.126 e. The molecule has 2 fully saturated rings. The molecule has 1 aliphatic heterocycles. The maximum absolute atomic E-state index is 13.6. The lowest BCUT2D eigenvalue weighted by Gasteiger charge is -2.37. The molecule has 19 heavy (non-hydrogen) atoms. The first-order valence-corrected chi connectivity index (χ1v) is 8.47. The quantitative estimate of drug-likeness (QED) is 0.895. The molecule has 1 saturated heterocycles. The van der Waals surface area contributed by atoms with Crippen LogP contribution >= 0.6 is 11.8 Å². The number of halogens is 1. The first-order chi connectivity index (χ1) is 9.33. The van der Waals surface area contributed by atoms with Gasteiger partial charge in [-0.2, -0.15) is 11.8 Å². The molecule has 1 unspecified atom stereocenters. The normalized spacial score (nSPS) is 30.9. The van der Waals surface area contributed by atoms with E-state index in [-0.39, 0.29) is 5.82 Å². The van der Waals surface area contributed by atoms with Gasteiger partial charge in [0.25, 0.3) is 0 Å². The summed E-state index contributed by atoms with van der Waals surface area (Å²) in [5, 5.41) is 4.47. The van der Waals surface area contributed by atoms with Crippen LogP contribution in [-0.2, 0) is 0 Å². The van der Waals surface area contributed by atoms with Crippen LogP contribution in [-0.4, -0.2) is 23.6 Å². The fourth-order valence-corrected chi connectivity index (χ4v) is 4.36. The lowest BCUT2D eigenvalue weighted by molar-refractivity contribution is 0.285. The second kappa shape index (κ2) is 6.27. The Bertz CT molecular complexity index is 411. The van der Waals surface area contributed by atoms with E-state index in [1.807, 2.05) is 12.1 Å². The van der Waals surface area contributed by atoms with E-state index in [9.17, 15) is 4.39 Å². The van der Waals surface area contributed by atoms with Gasteiger partial charge in [-0.25, -0.2) is 4.39 Å². The van der Waals surface area contributed by atoms with Gasteiger partial charge >= 0.3 is 0 Å². The second-order valence-electron chi connectivity index (χ2n) is 5.78. The largest absolute Gasteiger partial charge is 0.313 e. The Morgan fingerprint density at radius 3 is 2.79 bits per heavy atom. The van der Waals surface area contributed by atoms with Gasteiger partial charge in [-0.3, -0.25) is 0 Å². The van der Waals surface area contributed by atoms with Crippen molar-refractivity contribution >= 4 is 11.8 Å². The molecule has 104 valence electrons. The Kier molecular flexibility index (Phi) is 4.44. The monoisotopic (exact) mass is 279 g/mol. The van der Waals surface area contributed by atoms with E-state index in [1.54, 1.807) is 12.1 Å². The molecule has 1 aromatic rings. The summed E-state index contributed by atoms with van der Waals surface area (Å²) in [4.78, 5) is 0. The van der Waals surface area contributed by atoms with Crippen LogP contribution in [0.1, 0.15) is 43.6 Å². The van der Waals surface area contributed by atoms with Crippen molar-refractivity contribution in [3.8, 4) is 0 Å². The van der Waals surface area contributed by atoms with Crippen molar-refractivity contribution in [2.75, 3.05) is 12.3 Å². The fourth-order valence-electron chi connectivity index (χ4n) is 3.11. The van der Waals surface area contributed by atoms with Crippen LogP contribution < -0.4 is 5.32 Å². The molecular formula is C16H22FNS. The van der Waals surface area contributed by atoms with Crippen LogP contribution in [0.4, 0.5) is 4.39 Å². The summed E-state index contributed by atoms with van der Waals surface area (Å²) in [5.74, 6) is 1.72. The van der Waals surface area contributed by atoms with Crippen LogP contribution in [0.3, 0.4) is 0 Å². The third kappa shape index (κ3) is 3.32. The highest BCUT2D eigenvalue weighted by molar-refractivity contribution is 7.99. The number of hydrogen-bond acceptors (Lipinski definition) is 2. The van der Waals surface area contributed by atoms with Crippen LogP contribution in [0.25, 0.3) is 0 Å². The molecular weight excluding hydrogens is 257 g/mol. The van der Waals surface area contributed by atoms with Gasteiger partial charge in [0.15, 0.2) is 0 Å². The molecule has 2 aliphatic rings. The summed E-state index contributed by atoms with van der Waals surface area (Å²) in [6.07, 6.45) is 6.33. The Labute approximate surface area is 119 Å². The van der Waals surface area contributed by atoms with E-state index in [0.717, 1.165) is 30.2 Å². The number of nitrogens with one attached hydrogen (secondary N) is 1. The van der Waals surface area contributed by atoms with Crippen molar-refractivity contribution in [3.63, 3.8) is 0 Å². The summed E-state index contributed by atoms with van der Waals surface area (Å²) in [7, 11) is 0. The third-order valence-electron chi connectivity index (χ3n) is 4.39. The van der Waals surface area contributed by atoms with Crippen LogP contribution in [0.5, 0.6) is 0 Å².